The average Bonchev–Trinajstić information content (AvgIpc) is 3.25. The smallest absolute Gasteiger partial charge is 0.291 e. The number of amides is 1. The van der Waals surface area contributed by atoms with Crippen molar-refractivity contribution in [1.29, 1.82) is 0 Å². The van der Waals surface area contributed by atoms with E-state index in [4.69, 9.17) is 11.6 Å². The predicted molar refractivity (Wildman–Crippen MR) is 126 cm³/mol. The minimum absolute atomic E-state index is 0.0794. The normalized spacial score (nSPS) is 14.9. The van der Waals surface area contributed by atoms with E-state index in [9.17, 15) is 13.2 Å². The fourth-order valence-corrected chi connectivity index (χ4v) is 5.22. The number of halogens is 1. The van der Waals surface area contributed by atoms with Gasteiger partial charge in [0.25, 0.3) is 20.3 Å². The second kappa shape index (κ2) is 9.41. The van der Waals surface area contributed by atoms with Crippen molar-refractivity contribution in [3.05, 3.63) is 59.1 Å². The number of aromatic nitrogens is 2. The zero-order valence-corrected chi connectivity index (χ0v) is 19.5. The van der Waals surface area contributed by atoms with E-state index in [1.165, 1.54) is 0 Å². The summed E-state index contributed by atoms with van der Waals surface area (Å²) in [5.74, 6) is -0.436. The number of carbonyl (C=O) groups is 1. The van der Waals surface area contributed by atoms with Gasteiger partial charge in [-0.25, -0.2) is 0 Å². The molecular formula is C20H21ClN6O3S2. The highest BCUT2D eigenvalue weighted by Crippen LogP contribution is 2.25. The number of sulfonamides is 1. The van der Waals surface area contributed by atoms with Crippen molar-refractivity contribution >= 4 is 55.4 Å². The maximum absolute atomic E-state index is 12.7. The van der Waals surface area contributed by atoms with Gasteiger partial charge in [-0.2, -0.15) is 8.42 Å². The van der Waals surface area contributed by atoms with Gasteiger partial charge in [-0.3, -0.25) is 14.8 Å². The van der Waals surface area contributed by atoms with Crippen molar-refractivity contribution in [2.75, 3.05) is 48.2 Å². The number of nitrogens with zero attached hydrogens (tertiary/aromatic N) is 4. The highest BCUT2D eigenvalue weighted by Gasteiger charge is 2.22. The lowest BCUT2D eigenvalue weighted by Crippen LogP contribution is -2.44. The monoisotopic (exact) mass is 492 g/mol. The van der Waals surface area contributed by atoms with Crippen LogP contribution in [-0.4, -0.2) is 62.6 Å². The van der Waals surface area contributed by atoms with Gasteiger partial charge >= 0.3 is 0 Å². The summed E-state index contributed by atoms with van der Waals surface area (Å²) >= 11 is 6.59. The number of anilines is 3. The number of likely N-dealkylation sites (N-methyl/N-ethyl adjacent to an activating group) is 1. The molecule has 0 atom stereocenters. The fraction of sp³-hybridized carbons (Fsp3) is 0.250. The van der Waals surface area contributed by atoms with Crippen LogP contribution in [0.15, 0.2) is 52.9 Å². The van der Waals surface area contributed by atoms with Crippen LogP contribution in [0.1, 0.15) is 10.4 Å². The second-order valence-electron chi connectivity index (χ2n) is 7.28. The highest BCUT2D eigenvalue weighted by molar-refractivity contribution is 7.94. The summed E-state index contributed by atoms with van der Waals surface area (Å²) in [4.78, 5) is 16.8. The van der Waals surface area contributed by atoms with Crippen LogP contribution in [-0.2, 0) is 10.0 Å². The molecule has 2 N–H and O–H groups in total. The number of nitrogens with one attached hydrogen (secondary N) is 2. The Balaban J connectivity index is 1.40. The number of piperazine rings is 1. The second-order valence-corrected chi connectivity index (χ2v) is 10.5. The summed E-state index contributed by atoms with van der Waals surface area (Å²) < 4.78 is 27.6. The number of hydrogen-bond acceptors (Lipinski definition) is 8. The minimum atomic E-state index is -3.94. The zero-order valence-electron chi connectivity index (χ0n) is 17.2. The molecule has 0 bridgehead atoms. The van der Waals surface area contributed by atoms with Crippen LogP contribution < -0.4 is 14.9 Å². The third-order valence-corrected chi connectivity index (χ3v) is 7.79. The molecule has 1 fully saturated rings. The molecule has 2 aromatic carbocycles. The summed E-state index contributed by atoms with van der Waals surface area (Å²) in [5, 5.41) is 10.6. The standard InChI is InChI=1S/C20H21ClN6O3S2/c1-26-10-12-27(13-11-26)17-8-6-16(7-9-17)25-32(29,30)20-24-23-19(31-20)22-18(28)14-2-4-15(21)5-3-14/h2-9,25H,10-13H2,1H3,(H,22,23,28). The van der Waals surface area contributed by atoms with E-state index in [1.807, 2.05) is 12.1 Å². The Morgan fingerprint density at radius 2 is 1.66 bits per heavy atom. The van der Waals surface area contributed by atoms with Gasteiger partial charge in [0.05, 0.1) is 0 Å². The van der Waals surface area contributed by atoms with Crippen molar-refractivity contribution in [3.63, 3.8) is 0 Å². The molecule has 1 aromatic heterocycles. The van der Waals surface area contributed by atoms with Gasteiger partial charge in [0.2, 0.25) is 5.13 Å². The van der Waals surface area contributed by atoms with E-state index < -0.39 is 15.9 Å². The fourth-order valence-electron chi connectivity index (χ4n) is 3.14. The Labute approximate surface area is 195 Å². The van der Waals surface area contributed by atoms with Gasteiger partial charge in [0.15, 0.2) is 0 Å². The van der Waals surface area contributed by atoms with Gasteiger partial charge < -0.3 is 9.80 Å². The van der Waals surface area contributed by atoms with E-state index in [2.05, 4.69) is 37.1 Å². The molecule has 1 aliphatic heterocycles. The largest absolute Gasteiger partial charge is 0.369 e. The molecule has 9 nitrogen and oxygen atoms in total. The Bertz CT molecular complexity index is 1190. The lowest BCUT2D eigenvalue weighted by Gasteiger charge is -2.34. The van der Waals surface area contributed by atoms with E-state index in [1.54, 1.807) is 36.4 Å². The first-order valence-electron chi connectivity index (χ1n) is 9.77. The SMILES string of the molecule is CN1CCN(c2ccc(NS(=O)(=O)c3nnc(NC(=O)c4ccc(Cl)cc4)s3)cc2)CC1. The summed E-state index contributed by atoms with van der Waals surface area (Å²) in [6.45, 7) is 3.83. The molecule has 0 radical (unpaired) electrons. The molecule has 12 heteroatoms. The van der Waals surface area contributed by atoms with Gasteiger partial charge in [0, 0.05) is 48.1 Å². The molecule has 1 saturated heterocycles. The molecule has 0 unspecified atom stereocenters. The summed E-state index contributed by atoms with van der Waals surface area (Å²) in [7, 11) is -1.84. The van der Waals surface area contributed by atoms with Crippen molar-refractivity contribution in [2.24, 2.45) is 0 Å². The lowest BCUT2D eigenvalue weighted by molar-refractivity contribution is 0.102. The van der Waals surface area contributed by atoms with E-state index >= 15 is 0 Å². The first-order valence-corrected chi connectivity index (χ1v) is 12.4. The minimum Gasteiger partial charge on any atom is -0.369 e. The third kappa shape index (κ3) is 5.36. The molecule has 1 aliphatic rings. The molecule has 4 rings (SSSR count). The van der Waals surface area contributed by atoms with Crippen LogP contribution in [0, 0.1) is 0 Å². The molecule has 1 amide bonds. The third-order valence-electron chi connectivity index (χ3n) is 4.95. The van der Waals surface area contributed by atoms with Crippen LogP contribution in [0.4, 0.5) is 16.5 Å². The maximum atomic E-state index is 12.7. The zero-order chi connectivity index (χ0) is 22.7. The summed E-state index contributed by atoms with van der Waals surface area (Å²) in [6, 6.07) is 13.5. The molecule has 0 aliphatic carbocycles. The van der Waals surface area contributed by atoms with Gasteiger partial charge in [-0.1, -0.05) is 22.9 Å². The number of hydrogen-bond donors (Lipinski definition) is 2. The Hall–Kier alpha value is -2.73. The van der Waals surface area contributed by atoms with Gasteiger partial charge in [0.1, 0.15) is 0 Å². The van der Waals surface area contributed by atoms with Crippen LogP contribution in [0.2, 0.25) is 5.02 Å². The molecule has 0 spiro atoms. The van der Waals surface area contributed by atoms with E-state index in [0.717, 1.165) is 43.2 Å². The molecule has 3 aromatic rings. The molecule has 0 saturated carbocycles. The lowest BCUT2D eigenvalue weighted by atomic mass is 10.2. The summed E-state index contributed by atoms with van der Waals surface area (Å²) in [5.41, 5.74) is 1.83. The van der Waals surface area contributed by atoms with Gasteiger partial charge in [-0.15, -0.1) is 10.2 Å². The first-order chi connectivity index (χ1) is 15.3. The van der Waals surface area contributed by atoms with Crippen molar-refractivity contribution in [2.45, 2.75) is 4.34 Å². The average molecular weight is 493 g/mol. The van der Waals surface area contributed by atoms with Crippen LogP contribution in [0.3, 0.4) is 0 Å². The van der Waals surface area contributed by atoms with E-state index in [-0.39, 0.29) is 9.47 Å². The quantitative estimate of drug-likeness (QED) is 0.509. The molecule has 2 heterocycles. The highest BCUT2D eigenvalue weighted by atomic mass is 35.5. The Morgan fingerprint density at radius 1 is 1.00 bits per heavy atom. The Morgan fingerprint density at radius 3 is 2.31 bits per heavy atom. The number of carbonyl (C=O) groups excluding carboxylic acids is 1. The molecule has 168 valence electrons. The van der Waals surface area contributed by atoms with Gasteiger partial charge in [-0.05, 0) is 55.6 Å². The first kappa shape index (κ1) is 22.5. The summed E-state index contributed by atoms with van der Waals surface area (Å²) in [6.07, 6.45) is 0. The van der Waals surface area contributed by atoms with Crippen LogP contribution in [0.25, 0.3) is 0 Å². The maximum Gasteiger partial charge on any atom is 0.291 e. The van der Waals surface area contributed by atoms with Crippen molar-refractivity contribution in [3.8, 4) is 0 Å². The number of benzene rings is 2. The van der Waals surface area contributed by atoms with Crippen LogP contribution >= 0.6 is 22.9 Å². The molecule has 32 heavy (non-hydrogen) atoms. The van der Waals surface area contributed by atoms with Crippen molar-refractivity contribution < 1.29 is 13.2 Å². The van der Waals surface area contributed by atoms with Crippen molar-refractivity contribution in [1.82, 2.24) is 15.1 Å². The Kier molecular flexibility index (Phi) is 6.60. The molecular weight excluding hydrogens is 472 g/mol. The predicted octanol–water partition coefficient (Wildman–Crippen LogP) is 3.00. The van der Waals surface area contributed by atoms with E-state index in [0.29, 0.717) is 16.3 Å². The van der Waals surface area contributed by atoms with Crippen LogP contribution in [0.5, 0.6) is 0 Å². The number of rotatable bonds is 6. The topological polar surface area (TPSA) is 108 Å².